The van der Waals surface area contributed by atoms with Gasteiger partial charge in [0.15, 0.2) is 0 Å². The molecule has 0 aliphatic heterocycles. The van der Waals surface area contributed by atoms with Gasteiger partial charge in [-0.3, -0.25) is 14.2 Å². The lowest BCUT2D eigenvalue weighted by molar-refractivity contribution is 0.0941. The summed E-state index contributed by atoms with van der Waals surface area (Å²) in [6, 6.07) is 19.6. The highest BCUT2D eigenvalue weighted by atomic mass is 19.1. The van der Waals surface area contributed by atoms with E-state index in [-0.39, 0.29) is 13.1 Å². The number of methoxy groups -OCH3 is 1. The van der Waals surface area contributed by atoms with Crippen LogP contribution in [0.2, 0.25) is 0 Å². The zero-order chi connectivity index (χ0) is 24.9. The maximum absolute atomic E-state index is 13.3. The molecule has 9 heteroatoms. The number of carbonyl (C=O) groups is 1. The van der Waals surface area contributed by atoms with Gasteiger partial charge in [0.2, 0.25) is 5.69 Å². The van der Waals surface area contributed by atoms with Gasteiger partial charge in [0.05, 0.1) is 19.3 Å². The van der Waals surface area contributed by atoms with E-state index in [1.807, 2.05) is 25.1 Å². The van der Waals surface area contributed by atoms with Crippen molar-refractivity contribution in [2.75, 3.05) is 7.11 Å². The fourth-order valence-electron chi connectivity index (χ4n) is 3.57. The number of hydrogen-bond donors (Lipinski definition) is 1. The second-order valence-electron chi connectivity index (χ2n) is 7.93. The first-order valence-corrected chi connectivity index (χ1v) is 10.8. The number of carbonyl (C=O) groups excluding carboxylic acids is 1. The average Bonchev–Trinajstić information content (AvgIpc) is 2.86. The van der Waals surface area contributed by atoms with E-state index in [9.17, 15) is 18.8 Å². The molecule has 1 N–H and O–H groups in total. The van der Waals surface area contributed by atoms with Crippen LogP contribution in [0.4, 0.5) is 4.39 Å². The van der Waals surface area contributed by atoms with Crippen LogP contribution in [0.1, 0.15) is 27.2 Å². The van der Waals surface area contributed by atoms with Crippen LogP contribution in [-0.4, -0.2) is 27.4 Å². The first kappa shape index (κ1) is 23.6. The predicted octanol–water partition coefficient (Wildman–Crippen LogP) is 2.83. The molecule has 0 fully saturated rings. The molecule has 0 aliphatic rings. The Bertz CT molecular complexity index is 1490. The highest BCUT2D eigenvalue weighted by molar-refractivity contribution is 5.91. The molecule has 4 rings (SSSR count). The molecule has 178 valence electrons. The second kappa shape index (κ2) is 10.2. The molecular formula is C26H23FN4O4. The van der Waals surface area contributed by atoms with Gasteiger partial charge < -0.3 is 10.1 Å². The van der Waals surface area contributed by atoms with Gasteiger partial charge >= 0.3 is 5.69 Å². The van der Waals surface area contributed by atoms with Crippen LogP contribution in [0.5, 0.6) is 5.75 Å². The number of nitrogens with one attached hydrogen (secondary N) is 1. The molecular weight excluding hydrogens is 451 g/mol. The van der Waals surface area contributed by atoms with Gasteiger partial charge in [-0.25, -0.2) is 9.18 Å². The summed E-state index contributed by atoms with van der Waals surface area (Å²) < 4.78 is 20.4. The molecule has 1 heterocycles. The predicted molar refractivity (Wildman–Crippen MR) is 128 cm³/mol. The van der Waals surface area contributed by atoms with Gasteiger partial charge in [-0.05, 0) is 42.3 Å². The Morgan fingerprint density at radius 1 is 1.00 bits per heavy atom. The summed E-state index contributed by atoms with van der Waals surface area (Å²) in [6.45, 7) is 1.92. The van der Waals surface area contributed by atoms with E-state index in [4.69, 9.17) is 4.74 Å². The van der Waals surface area contributed by atoms with Crippen molar-refractivity contribution in [3.8, 4) is 11.4 Å². The molecule has 1 amide bonds. The number of aromatic nitrogens is 3. The molecule has 0 aliphatic carbocycles. The molecule has 3 aromatic carbocycles. The monoisotopic (exact) mass is 474 g/mol. The van der Waals surface area contributed by atoms with E-state index in [0.29, 0.717) is 17.0 Å². The second-order valence-corrected chi connectivity index (χ2v) is 7.93. The molecule has 0 spiro atoms. The highest BCUT2D eigenvalue weighted by Gasteiger charge is 2.20. The first-order chi connectivity index (χ1) is 16.9. The third-order valence-corrected chi connectivity index (χ3v) is 5.36. The van der Waals surface area contributed by atoms with Crippen LogP contribution in [0, 0.1) is 12.7 Å². The van der Waals surface area contributed by atoms with Gasteiger partial charge in [-0.2, -0.15) is 9.78 Å². The van der Waals surface area contributed by atoms with Gasteiger partial charge in [0.1, 0.15) is 11.6 Å². The summed E-state index contributed by atoms with van der Waals surface area (Å²) >= 11 is 0. The Labute approximate surface area is 200 Å². The molecule has 0 atom stereocenters. The Morgan fingerprint density at radius 3 is 2.46 bits per heavy atom. The van der Waals surface area contributed by atoms with Gasteiger partial charge in [-0.15, -0.1) is 0 Å². The van der Waals surface area contributed by atoms with E-state index < -0.39 is 28.7 Å². The normalized spacial score (nSPS) is 10.7. The molecule has 0 saturated carbocycles. The molecule has 0 radical (unpaired) electrons. The van der Waals surface area contributed by atoms with Crippen molar-refractivity contribution >= 4 is 5.91 Å². The minimum atomic E-state index is -0.813. The summed E-state index contributed by atoms with van der Waals surface area (Å²) in [4.78, 5) is 39.5. The minimum Gasteiger partial charge on any atom is -0.497 e. The maximum Gasteiger partial charge on any atom is 0.352 e. The molecule has 4 aromatic rings. The van der Waals surface area contributed by atoms with Gasteiger partial charge in [-0.1, -0.05) is 48.0 Å². The van der Waals surface area contributed by atoms with Crippen LogP contribution in [0.3, 0.4) is 0 Å². The Kier molecular flexibility index (Phi) is 6.86. The topological polar surface area (TPSA) is 95.2 Å². The number of rotatable bonds is 7. The third-order valence-electron chi connectivity index (χ3n) is 5.36. The smallest absolute Gasteiger partial charge is 0.352 e. The highest BCUT2D eigenvalue weighted by Crippen LogP contribution is 2.14. The third kappa shape index (κ3) is 5.35. The molecule has 0 bridgehead atoms. The molecule has 0 saturated heterocycles. The fraction of sp³-hybridized carbons (Fsp3) is 0.154. The number of aryl methyl sites for hydroxylation is 1. The Hall–Kier alpha value is -4.53. The molecule has 1 aromatic heterocycles. The van der Waals surface area contributed by atoms with Crippen LogP contribution in [0.25, 0.3) is 5.69 Å². The zero-order valence-corrected chi connectivity index (χ0v) is 19.2. The van der Waals surface area contributed by atoms with Crippen molar-refractivity contribution in [2.24, 2.45) is 0 Å². The lowest BCUT2D eigenvalue weighted by atomic mass is 10.1. The van der Waals surface area contributed by atoms with E-state index in [0.717, 1.165) is 20.4 Å². The van der Waals surface area contributed by atoms with Crippen molar-refractivity contribution in [3.63, 3.8) is 0 Å². The molecule has 0 unspecified atom stereocenters. The van der Waals surface area contributed by atoms with Crippen LogP contribution in [0.15, 0.2) is 82.4 Å². The molecule has 35 heavy (non-hydrogen) atoms. The largest absolute Gasteiger partial charge is 0.497 e. The van der Waals surface area contributed by atoms with Crippen molar-refractivity contribution in [3.05, 3.63) is 122 Å². The van der Waals surface area contributed by atoms with Crippen LogP contribution >= 0.6 is 0 Å². The fourth-order valence-corrected chi connectivity index (χ4v) is 3.57. The lowest BCUT2D eigenvalue weighted by Gasteiger charge is -2.13. The minimum absolute atomic E-state index is 0.0376. The molecule has 8 nitrogen and oxygen atoms in total. The maximum atomic E-state index is 13.3. The van der Waals surface area contributed by atoms with Gasteiger partial charge in [0.25, 0.3) is 11.5 Å². The summed E-state index contributed by atoms with van der Waals surface area (Å²) in [7, 11) is 1.49. The summed E-state index contributed by atoms with van der Waals surface area (Å²) in [5, 5.41) is 6.73. The number of ether oxygens (including phenoxy) is 1. The van der Waals surface area contributed by atoms with E-state index >= 15 is 0 Å². The quantitative estimate of drug-likeness (QED) is 0.445. The first-order valence-electron chi connectivity index (χ1n) is 10.8. The van der Waals surface area contributed by atoms with E-state index in [1.165, 1.54) is 31.4 Å². The van der Waals surface area contributed by atoms with E-state index in [1.54, 1.807) is 30.3 Å². The van der Waals surface area contributed by atoms with Crippen molar-refractivity contribution in [1.82, 2.24) is 19.7 Å². The number of hydrogen-bond acceptors (Lipinski definition) is 5. The van der Waals surface area contributed by atoms with Crippen molar-refractivity contribution in [2.45, 2.75) is 20.0 Å². The lowest BCUT2D eigenvalue weighted by Crippen LogP contribution is -2.46. The average molecular weight is 474 g/mol. The van der Waals surface area contributed by atoms with Crippen molar-refractivity contribution < 1.29 is 13.9 Å². The summed E-state index contributed by atoms with van der Waals surface area (Å²) in [5.74, 6) is -0.671. The van der Waals surface area contributed by atoms with Crippen molar-refractivity contribution in [1.29, 1.82) is 0 Å². The van der Waals surface area contributed by atoms with E-state index in [2.05, 4.69) is 10.4 Å². The summed E-state index contributed by atoms with van der Waals surface area (Å²) in [5.41, 5.74) is 0.718. The Morgan fingerprint density at radius 2 is 1.74 bits per heavy atom. The number of nitrogens with zero attached hydrogens (tertiary/aromatic N) is 3. The standard InChI is InChI=1S/C26H23FN4O4/c1-17-5-3-6-19(13-17)16-30-25(33)23(24(32)28-15-18-9-11-20(27)12-10-18)29-31(26(30)34)21-7-4-8-22(14-21)35-2/h3-14H,15-16H2,1-2H3,(H,28,32). The van der Waals surface area contributed by atoms with Crippen LogP contribution in [-0.2, 0) is 13.1 Å². The number of halogens is 1. The zero-order valence-electron chi connectivity index (χ0n) is 19.2. The summed E-state index contributed by atoms with van der Waals surface area (Å²) in [6.07, 6.45) is 0. The number of amides is 1. The Balaban J connectivity index is 1.78. The number of benzene rings is 3. The SMILES string of the molecule is COc1cccc(-n2nc(C(=O)NCc3ccc(F)cc3)c(=O)n(Cc3cccc(C)c3)c2=O)c1. The van der Waals surface area contributed by atoms with Crippen LogP contribution < -0.4 is 21.3 Å². The van der Waals surface area contributed by atoms with Gasteiger partial charge in [0, 0.05) is 12.6 Å².